The summed E-state index contributed by atoms with van der Waals surface area (Å²) in [6.07, 6.45) is 0. The zero-order valence-electron chi connectivity index (χ0n) is 14.4. The largest absolute Gasteiger partial charge is 0.466 e. The van der Waals surface area contributed by atoms with Crippen LogP contribution >= 0.6 is 12.2 Å². The van der Waals surface area contributed by atoms with Gasteiger partial charge < -0.3 is 19.7 Å². The first-order valence-electron chi connectivity index (χ1n) is 7.65. The Kier molecular flexibility index (Phi) is 6.07. The minimum absolute atomic E-state index is 0.100. The van der Waals surface area contributed by atoms with Crippen LogP contribution in [-0.4, -0.2) is 42.8 Å². The molecule has 0 amide bonds. The lowest BCUT2D eigenvalue weighted by Gasteiger charge is -2.40. The van der Waals surface area contributed by atoms with E-state index >= 15 is 0 Å². The van der Waals surface area contributed by atoms with Crippen molar-refractivity contribution in [3.05, 3.63) is 46.7 Å². The molecular formula is C17H20F2N2O3S. The van der Waals surface area contributed by atoms with Gasteiger partial charge in [0.1, 0.15) is 11.6 Å². The van der Waals surface area contributed by atoms with Crippen molar-refractivity contribution in [1.29, 1.82) is 0 Å². The van der Waals surface area contributed by atoms with Gasteiger partial charge in [-0.25, -0.2) is 13.6 Å². The van der Waals surface area contributed by atoms with Gasteiger partial charge in [0.15, 0.2) is 5.11 Å². The Labute approximate surface area is 150 Å². The van der Waals surface area contributed by atoms with E-state index < -0.39 is 23.6 Å². The van der Waals surface area contributed by atoms with Gasteiger partial charge in [-0.3, -0.25) is 0 Å². The van der Waals surface area contributed by atoms with Crippen LogP contribution in [0.4, 0.5) is 8.78 Å². The van der Waals surface area contributed by atoms with Crippen LogP contribution in [0.15, 0.2) is 29.5 Å². The second-order valence-electron chi connectivity index (χ2n) is 5.68. The average molecular weight is 370 g/mol. The first-order valence-corrected chi connectivity index (χ1v) is 8.05. The minimum atomic E-state index is -1.08. The van der Waals surface area contributed by atoms with Gasteiger partial charge in [-0.15, -0.1) is 0 Å². The monoisotopic (exact) mass is 370 g/mol. The second kappa shape index (κ2) is 7.88. The summed E-state index contributed by atoms with van der Waals surface area (Å²) in [6.45, 7) is 3.88. The number of nitrogens with zero attached hydrogens (tertiary/aromatic N) is 1. The number of ether oxygens (including phenoxy) is 2. The molecule has 5 nitrogen and oxygen atoms in total. The number of esters is 1. The van der Waals surface area contributed by atoms with Crippen LogP contribution in [0.3, 0.4) is 0 Å². The Bertz CT molecular complexity index is 704. The summed E-state index contributed by atoms with van der Waals surface area (Å²) in [4.78, 5) is 14.0. The molecule has 0 spiro atoms. The van der Waals surface area contributed by atoms with Crippen LogP contribution in [0, 0.1) is 11.6 Å². The van der Waals surface area contributed by atoms with E-state index in [1.165, 1.54) is 13.2 Å². The number of rotatable bonds is 5. The standard InChI is InChI=1S/C17H20F2N2O3S/c1-9(8-23-3)21-10(2)13(16(22)24-4)15(20-17(21)25)14-11(18)6-5-7-12(14)19/h5-7,9,15H,8H2,1-4H3,(H,20,25)/t9-,15+/m1/s1. The summed E-state index contributed by atoms with van der Waals surface area (Å²) in [5.74, 6) is -2.23. The molecule has 0 saturated heterocycles. The van der Waals surface area contributed by atoms with Crippen LogP contribution in [0.2, 0.25) is 0 Å². The van der Waals surface area contributed by atoms with Gasteiger partial charge in [-0.05, 0) is 38.2 Å². The molecule has 0 aromatic heterocycles. The number of nitrogens with one attached hydrogen (secondary N) is 1. The Morgan fingerprint density at radius 1 is 1.36 bits per heavy atom. The molecule has 1 aromatic rings. The molecule has 0 radical (unpaired) electrons. The van der Waals surface area contributed by atoms with E-state index in [-0.39, 0.29) is 22.3 Å². The molecule has 8 heteroatoms. The zero-order valence-corrected chi connectivity index (χ0v) is 15.2. The lowest BCUT2D eigenvalue weighted by atomic mass is 9.93. The fourth-order valence-corrected chi connectivity index (χ4v) is 3.42. The number of carbonyl (C=O) groups excluding carboxylic acids is 1. The number of methoxy groups -OCH3 is 2. The van der Waals surface area contributed by atoms with E-state index in [2.05, 4.69) is 5.32 Å². The van der Waals surface area contributed by atoms with Gasteiger partial charge in [-0.2, -0.15) is 0 Å². The van der Waals surface area contributed by atoms with Crippen molar-refractivity contribution < 1.29 is 23.0 Å². The summed E-state index contributed by atoms with van der Waals surface area (Å²) in [7, 11) is 2.77. The molecule has 0 fully saturated rings. The maximum Gasteiger partial charge on any atom is 0.337 e. The molecular weight excluding hydrogens is 350 g/mol. The van der Waals surface area contributed by atoms with Crippen molar-refractivity contribution in [2.75, 3.05) is 20.8 Å². The normalized spacial score (nSPS) is 18.9. The third-order valence-electron chi connectivity index (χ3n) is 4.07. The molecule has 2 atom stereocenters. The van der Waals surface area contributed by atoms with Crippen molar-refractivity contribution in [2.24, 2.45) is 0 Å². The highest BCUT2D eigenvalue weighted by atomic mass is 32.1. The Morgan fingerprint density at radius 2 is 1.96 bits per heavy atom. The highest BCUT2D eigenvalue weighted by Crippen LogP contribution is 2.34. The summed E-state index contributed by atoms with van der Waals surface area (Å²) in [5, 5.41) is 3.11. The van der Waals surface area contributed by atoms with Crippen LogP contribution in [-0.2, 0) is 14.3 Å². The molecule has 1 N–H and O–H groups in total. The maximum atomic E-state index is 14.3. The molecule has 25 heavy (non-hydrogen) atoms. The molecule has 0 aliphatic carbocycles. The van der Waals surface area contributed by atoms with Crippen molar-refractivity contribution in [2.45, 2.75) is 25.9 Å². The van der Waals surface area contributed by atoms with Crippen molar-refractivity contribution in [3.63, 3.8) is 0 Å². The molecule has 1 heterocycles. The number of halogens is 2. The number of carbonyl (C=O) groups is 1. The predicted molar refractivity (Wildman–Crippen MR) is 92.7 cm³/mol. The van der Waals surface area contributed by atoms with Crippen molar-refractivity contribution >= 4 is 23.3 Å². The lowest BCUT2D eigenvalue weighted by Crippen LogP contribution is -2.52. The van der Waals surface area contributed by atoms with E-state index in [1.54, 1.807) is 18.9 Å². The molecule has 2 rings (SSSR count). The molecule has 0 bridgehead atoms. The van der Waals surface area contributed by atoms with E-state index in [1.807, 2.05) is 6.92 Å². The Balaban J connectivity index is 2.62. The highest BCUT2D eigenvalue weighted by molar-refractivity contribution is 7.80. The second-order valence-corrected chi connectivity index (χ2v) is 6.07. The quantitative estimate of drug-likeness (QED) is 0.635. The number of benzene rings is 1. The number of hydrogen-bond acceptors (Lipinski definition) is 4. The van der Waals surface area contributed by atoms with E-state index in [9.17, 15) is 13.6 Å². The molecule has 1 aliphatic heterocycles. The summed E-state index contributed by atoms with van der Waals surface area (Å²) >= 11 is 5.36. The smallest absolute Gasteiger partial charge is 0.337 e. The molecule has 1 aliphatic rings. The maximum absolute atomic E-state index is 14.3. The third-order valence-corrected chi connectivity index (χ3v) is 4.38. The number of hydrogen-bond donors (Lipinski definition) is 1. The van der Waals surface area contributed by atoms with Crippen molar-refractivity contribution in [3.8, 4) is 0 Å². The highest BCUT2D eigenvalue weighted by Gasteiger charge is 2.38. The number of allylic oxidation sites excluding steroid dienone is 1. The molecule has 0 unspecified atom stereocenters. The molecule has 136 valence electrons. The molecule has 1 aromatic carbocycles. The van der Waals surface area contributed by atoms with Gasteiger partial charge in [0.25, 0.3) is 0 Å². The van der Waals surface area contributed by atoms with E-state index in [0.717, 1.165) is 12.1 Å². The van der Waals surface area contributed by atoms with Crippen LogP contribution < -0.4 is 5.32 Å². The SMILES string of the molecule is COC[C@@H](C)N1C(=S)N[C@H](c2c(F)cccc2F)C(C(=O)OC)=C1C. The number of thiocarbonyl (C=S) groups is 1. The summed E-state index contributed by atoms with van der Waals surface area (Å²) in [6, 6.07) is 2.26. The van der Waals surface area contributed by atoms with Crippen LogP contribution in [0.1, 0.15) is 25.5 Å². The molecule has 0 saturated carbocycles. The van der Waals surface area contributed by atoms with Crippen LogP contribution in [0.5, 0.6) is 0 Å². The zero-order chi connectivity index (χ0) is 18.7. The summed E-state index contributed by atoms with van der Waals surface area (Å²) < 4.78 is 38.5. The predicted octanol–water partition coefficient (Wildman–Crippen LogP) is 2.68. The minimum Gasteiger partial charge on any atom is -0.466 e. The summed E-state index contributed by atoms with van der Waals surface area (Å²) in [5.41, 5.74) is 0.291. The Hall–Kier alpha value is -2.06. The fourth-order valence-electron chi connectivity index (χ4n) is 2.98. The van der Waals surface area contributed by atoms with E-state index in [4.69, 9.17) is 21.7 Å². The van der Waals surface area contributed by atoms with Gasteiger partial charge in [0.2, 0.25) is 0 Å². The van der Waals surface area contributed by atoms with Gasteiger partial charge >= 0.3 is 5.97 Å². The van der Waals surface area contributed by atoms with Gasteiger partial charge in [0.05, 0.1) is 36.9 Å². The topological polar surface area (TPSA) is 50.8 Å². The first-order chi connectivity index (χ1) is 11.8. The van der Waals surface area contributed by atoms with Gasteiger partial charge in [-0.1, -0.05) is 6.07 Å². The average Bonchev–Trinajstić information content (AvgIpc) is 2.54. The van der Waals surface area contributed by atoms with Gasteiger partial charge in [0, 0.05) is 12.8 Å². The Morgan fingerprint density at radius 3 is 2.48 bits per heavy atom. The third kappa shape index (κ3) is 3.64. The van der Waals surface area contributed by atoms with Crippen LogP contribution in [0.25, 0.3) is 0 Å². The lowest BCUT2D eigenvalue weighted by molar-refractivity contribution is -0.136. The first kappa shape index (κ1) is 19.3. The van der Waals surface area contributed by atoms with Crippen molar-refractivity contribution in [1.82, 2.24) is 10.2 Å². The fraction of sp³-hybridized carbons (Fsp3) is 0.412. The van der Waals surface area contributed by atoms with E-state index in [0.29, 0.717) is 12.3 Å².